The number of rotatable bonds is 4. The second-order valence-electron chi connectivity index (χ2n) is 12.9. The van der Waals surface area contributed by atoms with Crippen LogP contribution < -0.4 is 10.6 Å². The van der Waals surface area contributed by atoms with Crippen molar-refractivity contribution < 1.29 is 9.59 Å². The van der Waals surface area contributed by atoms with Crippen LogP contribution >= 0.6 is 0 Å². The number of amides is 2. The van der Waals surface area contributed by atoms with Crippen molar-refractivity contribution in [3.8, 4) is 0 Å². The first-order valence-corrected chi connectivity index (χ1v) is 13.7. The number of allylic oxidation sites excluding steroid dienone is 2. The van der Waals surface area contributed by atoms with Crippen molar-refractivity contribution in [1.82, 2.24) is 9.80 Å². The number of para-hydroxylation sites is 2. The summed E-state index contributed by atoms with van der Waals surface area (Å²) in [5.41, 5.74) is 2.80. The van der Waals surface area contributed by atoms with Crippen LogP contribution in [0.25, 0.3) is 0 Å². The average molecular weight is 509 g/mol. The lowest BCUT2D eigenvalue weighted by molar-refractivity contribution is -0.160. The van der Waals surface area contributed by atoms with E-state index in [-0.39, 0.29) is 35.0 Å². The normalized spacial score (nSPS) is 34.4. The largest absolute Gasteiger partial charge is 0.364 e. The molecule has 7 rings (SSSR count). The van der Waals surface area contributed by atoms with Crippen LogP contribution in [0.5, 0.6) is 0 Å². The van der Waals surface area contributed by atoms with Gasteiger partial charge in [0.25, 0.3) is 0 Å². The molecule has 3 saturated heterocycles. The second kappa shape index (κ2) is 7.10. The summed E-state index contributed by atoms with van der Waals surface area (Å²) in [6.45, 7) is 17.1. The minimum atomic E-state index is -0.531. The van der Waals surface area contributed by atoms with Crippen LogP contribution in [-0.4, -0.2) is 46.0 Å². The van der Waals surface area contributed by atoms with E-state index in [2.05, 4.69) is 75.8 Å². The first-order chi connectivity index (χ1) is 18.1. The topological polar surface area (TPSA) is 64.7 Å². The number of carbonyl (C=O) groups is 2. The maximum atomic E-state index is 14.6. The van der Waals surface area contributed by atoms with Gasteiger partial charge < -0.3 is 20.4 Å². The van der Waals surface area contributed by atoms with Gasteiger partial charge in [-0.2, -0.15) is 0 Å². The zero-order chi connectivity index (χ0) is 26.8. The van der Waals surface area contributed by atoms with Gasteiger partial charge in [-0.05, 0) is 46.9 Å². The molecule has 0 aliphatic carbocycles. The van der Waals surface area contributed by atoms with Gasteiger partial charge in [0, 0.05) is 22.2 Å². The molecule has 6 nitrogen and oxygen atoms in total. The number of hydrogen-bond donors (Lipinski definition) is 2. The zero-order valence-electron chi connectivity index (χ0n) is 22.6. The standard InChI is InChI=1S/C32H36N4O2/c1-7-29(3,4)31-17-23-25(37)36-24(26(38)35(23)27(31)33-21-15-11-9-13-19(21)31)18-32(30(5,6)8-2)20-14-10-12-16-22(20)34-28(32)36/h7-16,23-24,27-28,33-34H,1-2,17-18H2,3-6H3/t23-,24-,27-,28+,31+,32-/m0/s1. The lowest BCUT2D eigenvalue weighted by Crippen LogP contribution is -2.66. The van der Waals surface area contributed by atoms with Gasteiger partial charge >= 0.3 is 0 Å². The fraction of sp³-hybridized carbons (Fsp3) is 0.438. The molecular weight excluding hydrogens is 472 g/mol. The van der Waals surface area contributed by atoms with Crippen molar-refractivity contribution in [1.29, 1.82) is 0 Å². The van der Waals surface area contributed by atoms with Gasteiger partial charge in [0.05, 0.1) is 0 Å². The molecule has 5 aliphatic rings. The molecule has 2 amide bonds. The minimum Gasteiger partial charge on any atom is -0.364 e. The quantitative estimate of drug-likeness (QED) is 0.570. The maximum absolute atomic E-state index is 14.6. The Hall–Kier alpha value is -3.54. The molecule has 0 unspecified atom stereocenters. The molecule has 5 heterocycles. The molecule has 2 aromatic carbocycles. The number of piperazine rings is 1. The van der Waals surface area contributed by atoms with Crippen LogP contribution in [0, 0.1) is 10.8 Å². The summed E-state index contributed by atoms with van der Waals surface area (Å²) in [4.78, 5) is 33.0. The highest BCUT2D eigenvalue weighted by atomic mass is 16.2. The highest BCUT2D eigenvalue weighted by molar-refractivity contribution is 6.00. The Morgan fingerprint density at radius 3 is 1.47 bits per heavy atom. The summed E-state index contributed by atoms with van der Waals surface area (Å²) in [7, 11) is 0. The van der Waals surface area contributed by atoms with Crippen LogP contribution in [0.15, 0.2) is 73.8 Å². The van der Waals surface area contributed by atoms with E-state index in [1.165, 1.54) is 11.1 Å². The zero-order valence-corrected chi connectivity index (χ0v) is 22.6. The number of benzene rings is 2. The fourth-order valence-corrected chi connectivity index (χ4v) is 8.66. The molecule has 0 bridgehead atoms. The summed E-state index contributed by atoms with van der Waals surface area (Å²) in [5.74, 6) is 0.0733. The van der Waals surface area contributed by atoms with Crippen molar-refractivity contribution in [2.75, 3.05) is 10.6 Å². The maximum Gasteiger partial charge on any atom is 0.247 e. The van der Waals surface area contributed by atoms with E-state index in [9.17, 15) is 9.59 Å². The van der Waals surface area contributed by atoms with Crippen molar-refractivity contribution >= 4 is 23.2 Å². The third-order valence-corrected chi connectivity index (χ3v) is 11.0. The lowest BCUT2D eigenvalue weighted by atomic mass is 9.60. The van der Waals surface area contributed by atoms with Gasteiger partial charge in [-0.25, -0.2) is 0 Å². The number of fused-ring (bicyclic) bond motifs is 10. The van der Waals surface area contributed by atoms with Crippen molar-refractivity contribution in [2.24, 2.45) is 10.8 Å². The summed E-state index contributed by atoms with van der Waals surface area (Å²) >= 11 is 0. The number of carbonyl (C=O) groups excluding carboxylic acids is 2. The van der Waals surface area contributed by atoms with E-state index < -0.39 is 22.9 Å². The second-order valence-corrected chi connectivity index (χ2v) is 12.9. The number of hydrogen-bond acceptors (Lipinski definition) is 4. The molecule has 2 N–H and O–H groups in total. The lowest BCUT2D eigenvalue weighted by Gasteiger charge is -2.45. The summed E-state index contributed by atoms with van der Waals surface area (Å²) < 4.78 is 0. The van der Waals surface area contributed by atoms with Crippen LogP contribution in [0.1, 0.15) is 51.7 Å². The Kier molecular flexibility index (Phi) is 4.40. The minimum absolute atomic E-state index is 0.0366. The Morgan fingerprint density at radius 2 is 1.11 bits per heavy atom. The van der Waals surface area contributed by atoms with Gasteiger partial charge in [-0.15, -0.1) is 13.2 Å². The molecular formula is C32H36N4O2. The average Bonchev–Trinajstić information content (AvgIpc) is 3.62. The van der Waals surface area contributed by atoms with E-state index in [4.69, 9.17) is 0 Å². The number of nitrogens with zero attached hydrogens (tertiary/aromatic N) is 2. The predicted octanol–water partition coefficient (Wildman–Crippen LogP) is 5.01. The van der Waals surface area contributed by atoms with E-state index in [0.717, 1.165) is 11.4 Å². The molecule has 0 radical (unpaired) electrons. The summed E-state index contributed by atoms with van der Waals surface area (Å²) in [6.07, 6.45) is 4.50. The highest BCUT2D eigenvalue weighted by Gasteiger charge is 2.73. The molecule has 196 valence electrons. The summed E-state index contributed by atoms with van der Waals surface area (Å²) in [5, 5.41) is 7.36. The van der Waals surface area contributed by atoms with E-state index in [1.807, 2.05) is 46.2 Å². The smallest absolute Gasteiger partial charge is 0.247 e. The highest BCUT2D eigenvalue weighted by Crippen LogP contribution is 2.64. The molecule has 0 spiro atoms. The first kappa shape index (κ1) is 23.6. The molecule has 0 saturated carbocycles. The van der Waals surface area contributed by atoms with Crippen LogP contribution in [-0.2, 0) is 20.4 Å². The molecule has 0 aromatic heterocycles. The number of anilines is 2. The summed E-state index contributed by atoms with van der Waals surface area (Å²) in [6, 6.07) is 15.5. The predicted molar refractivity (Wildman–Crippen MR) is 150 cm³/mol. The van der Waals surface area contributed by atoms with Crippen molar-refractivity contribution in [3.05, 3.63) is 85.0 Å². The van der Waals surface area contributed by atoms with E-state index in [0.29, 0.717) is 12.8 Å². The molecule has 2 aromatic rings. The van der Waals surface area contributed by atoms with Crippen molar-refractivity contribution in [3.63, 3.8) is 0 Å². The Morgan fingerprint density at radius 1 is 0.737 bits per heavy atom. The van der Waals surface area contributed by atoms with Crippen LogP contribution in [0.4, 0.5) is 11.4 Å². The van der Waals surface area contributed by atoms with Gasteiger partial charge in [-0.3, -0.25) is 9.59 Å². The molecule has 6 heteroatoms. The molecule has 5 aliphatic heterocycles. The monoisotopic (exact) mass is 508 g/mol. The van der Waals surface area contributed by atoms with E-state index in [1.54, 1.807) is 0 Å². The Balaban J connectivity index is 1.38. The third-order valence-electron chi connectivity index (χ3n) is 11.0. The Labute approximate surface area is 224 Å². The first-order valence-electron chi connectivity index (χ1n) is 13.7. The molecule has 3 fully saturated rings. The van der Waals surface area contributed by atoms with Gasteiger partial charge in [0.1, 0.15) is 24.4 Å². The van der Waals surface area contributed by atoms with Crippen LogP contribution in [0.2, 0.25) is 0 Å². The Bertz CT molecular complexity index is 1320. The van der Waals surface area contributed by atoms with Crippen molar-refractivity contribution in [2.45, 2.75) is 75.8 Å². The molecule has 6 atom stereocenters. The fourth-order valence-electron chi connectivity index (χ4n) is 8.66. The van der Waals surface area contributed by atoms with Gasteiger partial charge in [0.15, 0.2) is 0 Å². The third kappa shape index (κ3) is 2.37. The van der Waals surface area contributed by atoms with Gasteiger partial charge in [-0.1, -0.05) is 76.2 Å². The van der Waals surface area contributed by atoms with Gasteiger partial charge in [0.2, 0.25) is 11.8 Å². The SMILES string of the molecule is C=CC(C)(C)[C@]12C[C@H]3C(=O)N4[C@@H](C[C@@]5(C(C)(C)C=C)c6ccccc6N[C@@H]45)C(=O)N3[C@H]1Nc1ccccc12. The van der Waals surface area contributed by atoms with Crippen LogP contribution in [0.3, 0.4) is 0 Å². The molecule has 38 heavy (non-hydrogen) atoms. The number of nitrogens with one attached hydrogen (secondary N) is 2. The van der Waals surface area contributed by atoms with E-state index >= 15 is 0 Å².